The third kappa shape index (κ3) is 3.01. The zero-order chi connectivity index (χ0) is 15.2. The van der Waals surface area contributed by atoms with Gasteiger partial charge in [0.25, 0.3) is 5.69 Å². The molecule has 2 aliphatic rings. The van der Waals surface area contributed by atoms with Crippen LogP contribution >= 0.6 is 0 Å². The maximum absolute atomic E-state index is 12.4. The van der Waals surface area contributed by atoms with Crippen LogP contribution in [0, 0.1) is 22.0 Å². The summed E-state index contributed by atoms with van der Waals surface area (Å²) < 4.78 is 27.6. The Labute approximate surface area is 122 Å². The summed E-state index contributed by atoms with van der Waals surface area (Å²) in [4.78, 5) is 10.1. The third-order valence-corrected chi connectivity index (χ3v) is 5.51. The van der Waals surface area contributed by atoms with Crippen LogP contribution in [-0.4, -0.2) is 19.4 Å². The number of hydrogen-bond donors (Lipinski definition) is 2. The van der Waals surface area contributed by atoms with Crippen molar-refractivity contribution in [2.24, 2.45) is 11.8 Å². The number of nitro benzene ring substituents is 1. The van der Waals surface area contributed by atoms with Crippen molar-refractivity contribution in [1.29, 1.82) is 0 Å². The highest BCUT2D eigenvalue weighted by Crippen LogP contribution is 2.45. The Balaban J connectivity index is 1.83. The van der Waals surface area contributed by atoms with E-state index < -0.39 is 14.9 Å². The molecule has 2 saturated carbocycles. The summed E-state index contributed by atoms with van der Waals surface area (Å²) in [5, 5.41) is 10.7. The van der Waals surface area contributed by atoms with Crippen molar-refractivity contribution in [2.75, 3.05) is 5.73 Å². The summed E-state index contributed by atoms with van der Waals surface area (Å²) in [5.74, 6) is 0.866. The molecule has 0 amide bonds. The SMILES string of the molecule is Nc1cc(S(=O)(=O)NC(C2CC2)C2CC2)ccc1[N+](=O)[O-]. The standard InChI is InChI=1S/C13H17N3O4S/c14-11-7-10(5-6-12(11)16(17)18)21(19,20)15-13(8-1-2-8)9-3-4-9/h5-9,13,15H,1-4,14H2. The summed E-state index contributed by atoms with van der Waals surface area (Å²) in [6.45, 7) is 0. The Morgan fingerprint density at radius 3 is 2.24 bits per heavy atom. The minimum absolute atomic E-state index is 0.00795. The molecule has 7 nitrogen and oxygen atoms in total. The Kier molecular flexibility index (Phi) is 3.37. The smallest absolute Gasteiger partial charge is 0.292 e. The van der Waals surface area contributed by atoms with Gasteiger partial charge in [-0.15, -0.1) is 0 Å². The number of nitrogen functional groups attached to an aromatic ring is 1. The first-order valence-electron chi connectivity index (χ1n) is 6.95. The van der Waals surface area contributed by atoms with Crippen molar-refractivity contribution in [2.45, 2.75) is 36.6 Å². The Morgan fingerprint density at radius 2 is 1.81 bits per heavy atom. The minimum atomic E-state index is -3.69. The van der Waals surface area contributed by atoms with E-state index in [1.165, 1.54) is 6.07 Å². The van der Waals surface area contributed by atoms with Crippen molar-refractivity contribution < 1.29 is 13.3 Å². The molecule has 0 saturated heterocycles. The van der Waals surface area contributed by atoms with E-state index in [0.29, 0.717) is 11.8 Å². The van der Waals surface area contributed by atoms with Gasteiger partial charge in [0.15, 0.2) is 0 Å². The zero-order valence-electron chi connectivity index (χ0n) is 11.4. The van der Waals surface area contributed by atoms with Crippen molar-refractivity contribution in [3.8, 4) is 0 Å². The maximum Gasteiger partial charge on any atom is 0.292 e. The second-order valence-electron chi connectivity index (χ2n) is 5.80. The van der Waals surface area contributed by atoms with E-state index in [1.807, 2.05) is 0 Å². The number of rotatable bonds is 6. The molecule has 0 spiro atoms. The van der Waals surface area contributed by atoms with E-state index in [2.05, 4.69) is 4.72 Å². The highest BCUT2D eigenvalue weighted by atomic mass is 32.2. The molecule has 8 heteroatoms. The lowest BCUT2D eigenvalue weighted by atomic mass is 10.1. The van der Waals surface area contributed by atoms with Gasteiger partial charge in [0.05, 0.1) is 9.82 Å². The van der Waals surface area contributed by atoms with Gasteiger partial charge >= 0.3 is 0 Å². The number of sulfonamides is 1. The second-order valence-corrected chi connectivity index (χ2v) is 7.51. The van der Waals surface area contributed by atoms with E-state index >= 15 is 0 Å². The summed E-state index contributed by atoms with van der Waals surface area (Å²) in [6, 6.07) is 3.50. The molecule has 0 radical (unpaired) electrons. The van der Waals surface area contributed by atoms with E-state index in [0.717, 1.165) is 37.8 Å². The maximum atomic E-state index is 12.4. The van der Waals surface area contributed by atoms with Crippen molar-refractivity contribution in [1.82, 2.24) is 4.72 Å². The fourth-order valence-corrected chi connectivity index (χ4v) is 4.01. The monoisotopic (exact) mass is 311 g/mol. The molecule has 114 valence electrons. The molecule has 3 rings (SSSR count). The highest BCUT2D eigenvalue weighted by Gasteiger charge is 2.43. The van der Waals surface area contributed by atoms with Crippen LogP contribution < -0.4 is 10.5 Å². The van der Waals surface area contributed by atoms with Crippen molar-refractivity contribution in [3.63, 3.8) is 0 Å². The molecule has 0 unspecified atom stereocenters. The molecule has 1 aromatic rings. The fourth-order valence-electron chi connectivity index (χ4n) is 2.60. The number of benzene rings is 1. The predicted octanol–water partition coefficient (Wildman–Crippen LogP) is 1.64. The molecule has 2 fully saturated rings. The molecule has 0 aliphatic heterocycles. The number of nitrogens with zero attached hydrogens (tertiary/aromatic N) is 1. The first kappa shape index (κ1) is 14.3. The Bertz CT molecular complexity index is 669. The average molecular weight is 311 g/mol. The van der Waals surface area contributed by atoms with Gasteiger partial charge in [-0.3, -0.25) is 10.1 Å². The fraction of sp³-hybridized carbons (Fsp3) is 0.538. The van der Waals surface area contributed by atoms with Gasteiger partial charge in [-0.05, 0) is 49.7 Å². The number of nitrogens with one attached hydrogen (secondary N) is 1. The van der Waals surface area contributed by atoms with Crippen LogP contribution in [0.25, 0.3) is 0 Å². The van der Waals surface area contributed by atoms with Crippen LogP contribution in [0.15, 0.2) is 23.1 Å². The van der Waals surface area contributed by atoms with Crippen LogP contribution in [-0.2, 0) is 10.0 Å². The van der Waals surface area contributed by atoms with Gasteiger partial charge in [0.1, 0.15) is 5.69 Å². The van der Waals surface area contributed by atoms with Gasteiger partial charge < -0.3 is 5.73 Å². The van der Waals surface area contributed by atoms with Crippen molar-refractivity contribution >= 4 is 21.4 Å². The molecular formula is C13H17N3O4S. The van der Waals surface area contributed by atoms with Gasteiger partial charge in [-0.25, -0.2) is 13.1 Å². The molecule has 21 heavy (non-hydrogen) atoms. The lowest BCUT2D eigenvalue weighted by Gasteiger charge is -2.17. The van der Waals surface area contributed by atoms with E-state index in [9.17, 15) is 18.5 Å². The molecule has 3 N–H and O–H groups in total. The minimum Gasteiger partial charge on any atom is -0.393 e. The van der Waals surface area contributed by atoms with Gasteiger partial charge in [0.2, 0.25) is 10.0 Å². The Morgan fingerprint density at radius 1 is 1.24 bits per heavy atom. The summed E-state index contributed by atoms with van der Waals surface area (Å²) in [7, 11) is -3.69. The van der Waals surface area contributed by atoms with Crippen molar-refractivity contribution in [3.05, 3.63) is 28.3 Å². The predicted molar refractivity (Wildman–Crippen MR) is 77.1 cm³/mol. The number of nitro groups is 1. The number of hydrogen-bond acceptors (Lipinski definition) is 5. The second kappa shape index (κ2) is 4.96. The number of nitrogens with two attached hydrogens (primary N) is 1. The van der Waals surface area contributed by atoms with Crippen LogP contribution in [0.5, 0.6) is 0 Å². The largest absolute Gasteiger partial charge is 0.393 e. The molecule has 1 aromatic carbocycles. The topological polar surface area (TPSA) is 115 Å². The van der Waals surface area contributed by atoms with Crippen LogP contribution in [0.1, 0.15) is 25.7 Å². The molecule has 0 bridgehead atoms. The first-order valence-corrected chi connectivity index (χ1v) is 8.43. The van der Waals surface area contributed by atoms with Crippen LogP contribution in [0.3, 0.4) is 0 Å². The van der Waals surface area contributed by atoms with E-state index in [4.69, 9.17) is 5.73 Å². The van der Waals surface area contributed by atoms with Crippen LogP contribution in [0.4, 0.5) is 11.4 Å². The molecule has 0 atom stereocenters. The Hall–Kier alpha value is -1.67. The van der Waals surface area contributed by atoms with Crippen LogP contribution in [0.2, 0.25) is 0 Å². The summed E-state index contributed by atoms with van der Waals surface area (Å²) in [5.41, 5.74) is 5.14. The summed E-state index contributed by atoms with van der Waals surface area (Å²) >= 11 is 0. The number of anilines is 1. The third-order valence-electron chi connectivity index (χ3n) is 4.06. The molecule has 0 aromatic heterocycles. The average Bonchev–Trinajstić information content (AvgIpc) is 3.27. The normalized spacial score (nSPS) is 18.9. The van der Waals surface area contributed by atoms with E-state index in [-0.39, 0.29) is 22.3 Å². The van der Waals surface area contributed by atoms with Gasteiger partial charge in [-0.2, -0.15) is 0 Å². The summed E-state index contributed by atoms with van der Waals surface area (Å²) in [6.07, 6.45) is 4.25. The highest BCUT2D eigenvalue weighted by molar-refractivity contribution is 7.89. The quantitative estimate of drug-likeness (QED) is 0.471. The lowest BCUT2D eigenvalue weighted by molar-refractivity contribution is -0.383. The molecule has 2 aliphatic carbocycles. The first-order chi connectivity index (χ1) is 9.88. The lowest BCUT2D eigenvalue weighted by Crippen LogP contribution is -2.38. The molecular weight excluding hydrogens is 294 g/mol. The zero-order valence-corrected chi connectivity index (χ0v) is 12.2. The molecule has 0 heterocycles. The van der Waals surface area contributed by atoms with Gasteiger partial charge in [-0.1, -0.05) is 0 Å². The van der Waals surface area contributed by atoms with E-state index in [1.54, 1.807) is 0 Å². The van der Waals surface area contributed by atoms with Gasteiger partial charge in [0, 0.05) is 12.1 Å².